The number of halogens is 1. The number of likely N-dealkylation sites (N-methyl/N-ethyl adjacent to an activating group) is 1. The first-order valence-corrected chi connectivity index (χ1v) is 8.08. The summed E-state index contributed by atoms with van der Waals surface area (Å²) in [7, 11) is 1.72. The summed E-state index contributed by atoms with van der Waals surface area (Å²) in [5, 5.41) is 4.24. The SMILES string of the molecule is CCN1CCN(c2cccc(Cl)c2CNCCOC)CC1. The van der Waals surface area contributed by atoms with Crippen molar-refractivity contribution < 1.29 is 4.74 Å². The largest absolute Gasteiger partial charge is 0.383 e. The molecule has 0 aromatic heterocycles. The molecular weight excluding hydrogens is 286 g/mol. The minimum absolute atomic E-state index is 0.717. The number of benzene rings is 1. The van der Waals surface area contributed by atoms with Crippen molar-refractivity contribution in [3.63, 3.8) is 0 Å². The number of methoxy groups -OCH3 is 1. The topological polar surface area (TPSA) is 27.7 Å². The zero-order chi connectivity index (χ0) is 15.1. The second-order valence-electron chi connectivity index (χ2n) is 5.33. The lowest BCUT2D eigenvalue weighted by molar-refractivity contribution is 0.199. The van der Waals surface area contributed by atoms with E-state index >= 15 is 0 Å². The van der Waals surface area contributed by atoms with Crippen LogP contribution in [0, 0.1) is 0 Å². The highest BCUT2D eigenvalue weighted by atomic mass is 35.5. The zero-order valence-electron chi connectivity index (χ0n) is 13.1. The fourth-order valence-electron chi connectivity index (χ4n) is 2.71. The molecule has 21 heavy (non-hydrogen) atoms. The van der Waals surface area contributed by atoms with E-state index in [9.17, 15) is 0 Å². The van der Waals surface area contributed by atoms with Crippen LogP contribution in [-0.4, -0.2) is 57.9 Å². The Balaban J connectivity index is 2.03. The lowest BCUT2D eigenvalue weighted by Gasteiger charge is -2.36. The van der Waals surface area contributed by atoms with Crippen molar-refractivity contribution in [2.24, 2.45) is 0 Å². The second kappa shape index (κ2) is 8.59. The van der Waals surface area contributed by atoms with E-state index in [0.717, 1.165) is 57.4 Å². The molecule has 4 nitrogen and oxygen atoms in total. The van der Waals surface area contributed by atoms with Gasteiger partial charge in [-0.15, -0.1) is 0 Å². The van der Waals surface area contributed by atoms with Crippen molar-refractivity contribution in [2.75, 3.05) is 57.9 Å². The summed E-state index contributed by atoms with van der Waals surface area (Å²) in [5.41, 5.74) is 2.46. The highest BCUT2D eigenvalue weighted by Gasteiger charge is 2.19. The van der Waals surface area contributed by atoms with Crippen LogP contribution in [0.25, 0.3) is 0 Å². The molecule has 0 saturated carbocycles. The van der Waals surface area contributed by atoms with Crippen molar-refractivity contribution in [2.45, 2.75) is 13.5 Å². The molecule has 1 fully saturated rings. The summed E-state index contributed by atoms with van der Waals surface area (Å²) in [5.74, 6) is 0. The molecule has 1 heterocycles. The molecule has 0 unspecified atom stereocenters. The van der Waals surface area contributed by atoms with Crippen LogP contribution in [0.15, 0.2) is 18.2 Å². The number of hydrogen-bond donors (Lipinski definition) is 1. The van der Waals surface area contributed by atoms with E-state index in [2.05, 4.69) is 28.1 Å². The molecule has 1 saturated heterocycles. The fourth-order valence-corrected chi connectivity index (χ4v) is 2.95. The molecule has 5 heteroatoms. The monoisotopic (exact) mass is 311 g/mol. The minimum Gasteiger partial charge on any atom is -0.383 e. The van der Waals surface area contributed by atoms with Gasteiger partial charge in [-0.05, 0) is 18.7 Å². The third kappa shape index (κ3) is 4.58. The average Bonchev–Trinajstić information content (AvgIpc) is 2.53. The molecule has 0 radical (unpaired) electrons. The maximum Gasteiger partial charge on any atom is 0.0587 e. The quantitative estimate of drug-likeness (QED) is 0.782. The van der Waals surface area contributed by atoms with Gasteiger partial charge < -0.3 is 19.9 Å². The smallest absolute Gasteiger partial charge is 0.0587 e. The Morgan fingerprint density at radius 1 is 1.24 bits per heavy atom. The number of anilines is 1. The molecule has 0 amide bonds. The van der Waals surface area contributed by atoms with Crippen LogP contribution in [0.2, 0.25) is 5.02 Å². The van der Waals surface area contributed by atoms with Crippen LogP contribution in [0.3, 0.4) is 0 Å². The van der Waals surface area contributed by atoms with Crippen molar-refractivity contribution in [3.8, 4) is 0 Å². The Labute approximate surface area is 133 Å². The summed E-state index contributed by atoms with van der Waals surface area (Å²) >= 11 is 6.41. The van der Waals surface area contributed by atoms with Crippen LogP contribution in [0.5, 0.6) is 0 Å². The van der Waals surface area contributed by atoms with E-state index < -0.39 is 0 Å². The molecule has 1 aromatic rings. The maximum atomic E-state index is 6.41. The Morgan fingerprint density at radius 3 is 2.67 bits per heavy atom. The highest BCUT2D eigenvalue weighted by molar-refractivity contribution is 6.31. The number of rotatable bonds is 7. The van der Waals surface area contributed by atoms with Gasteiger partial charge in [-0.25, -0.2) is 0 Å². The standard InChI is InChI=1S/C16H26ClN3O/c1-3-19-8-10-20(11-9-19)16-6-4-5-15(17)14(16)13-18-7-12-21-2/h4-6,18H,3,7-13H2,1-2H3. The molecule has 1 aliphatic rings. The van der Waals surface area contributed by atoms with Gasteiger partial charge >= 0.3 is 0 Å². The van der Waals surface area contributed by atoms with Gasteiger partial charge in [-0.1, -0.05) is 24.6 Å². The Kier molecular flexibility index (Phi) is 6.77. The van der Waals surface area contributed by atoms with Crippen LogP contribution < -0.4 is 10.2 Å². The molecule has 1 N–H and O–H groups in total. The average molecular weight is 312 g/mol. The molecule has 0 atom stereocenters. The van der Waals surface area contributed by atoms with Gasteiger partial charge in [0.25, 0.3) is 0 Å². The van der Waals surface area contributed by atoms with Crippen LogP contribution >= 0.6 is 11.6 Å². The van der Waals surface area contributed by atoms with E-state index in [4.69, 9.17) is 16.3 Å². The van der Waals surface area contributed by atoms with Crippen LogP contribution in [0.4, 0.5) is 5.69 Å². The summed E-state index contributed by atoms with van der Waals surface area (Å²) in [6.45, 7) is 10.1. The molecule has 1 aliphatic heterocycles. The van der Waals surface area contributed by atoms with Gasteiger partial charge in [-0.2, -0.15) is 0 Å². The zero-order valence-corrected chi connectivity index (χ0v) is 13.8. The Morgan fingerprint density at radius 2 is 2.00 bits per heavy atom. The predicted octanol–water partition coefficient (Wildman–Crippen LogP) is 2.22. The molecule has 2 rings (SSSR count). The molecule has 0 spiro atoms. The first-order chi connectivity index (χ1) is 10.3. The van der Waals surface area contributed by atoms with Gasteiger partial charge in [0.05, 0.1) is 6.61 Å². The van der Waals surface area contributed by atoms with E-state index in [-0.39, 0.29) is 0 Å². The van der Waals surface area contributed by atoms with E-state index in [1.807, 2.05) is 12.1 Å². The van der Waals surface area contributed by atoms with Gasteiger partial charge in [-0.3, -0.25) is 0 Å². The molecule has 0 aliphatic carbocycles. The van der Waals surface area contributed by atoms with Crippen molar-refractivity contribution >= 4 is 17.3 Å². The van der Waals surface area contributed by atoms with E-state index in [1.54, 1.807) is 7.11 Å². The van der Waals surface area contributed by atoms with Crippen LogP contribution in [0.1, 0.15) is 12.5 Å². The number of nitrogens with zero attached hydrogens (tertiary/aromatic N) is 2. The normalized spacial score (nSPS) is 16.4. The maximum absolute atomic E-state index is 6.41. The summed E-state index contributed by atoms with van der Waals surface area (Å²) in [4.78, 5) is 4.93. The molecule has 118 valence electrons. The van der Waals surface area contributed by atoms with Gasteiger partial charge in [0, 0.05) is 62.7 Å². The van der Waals surface area contributed by atoms with Crippen molar-refractivity contribution in [1.82, 2.24) is 10.2 Å². The van der Waals surface area contributed by atoms with Gasteiger partial charge in [0.2, 0.25) is 0 Å². The Bertz CT molecular complexity index is 434. The summed E-state index contributed by atoms with van der Waals surface area (Å²) in [6.07, 6.45) is 0. The summed E-state index contributed by atoms with van der Waals surface area (Å²) in [6, 6.07) is 6.20. The molecule has 1 aromatic carbocycles. The summed E-state index contributed by atoms with van der Waals surface area (Å²) < 4.78 is 5.07. The van der Waals surface area contributed by atoms with Crippen LogP contribution in [-0.2, 0) is 11.3 Å². The first kappa shape index (κ1) is 16.6. The number of nitrogens with one attached hydrogen (secondary N) is 1. The number of hydrogen-bond acceptors (Lipinski definition) is 4. The van der Waals surface area contributed by atoms with Gasteiger partial charge in [0.15, 0.2) is 0 Å². The highest BCUT2D eigenvalue weighted by Crippen LogP contribution is 2.28. The van der Waals surface area contributed by atoms with Crippen molar-refractivity contribution in [1.29, 1.82) is 0 Å². The van der Waals surface area contributed by atoms with Crippen molar-refractivity contribution in [3.05, 3.63) is 28.8 Å². The Hall–Kier alpha value is -0.810. The third-order valence-corrected chi connectivity index (χ3v) is 4.39. The lowest BCUT2D eigenvalue weighted by Crippen LogP contribution is -2.46. The number of ether oxygens (including phenoxy) is 1. The fraction of sp³-hybridized carbons (Fsp3) is 0.625. The minimum atomic E-state index is 0.717. The molecular formula is C16H26ClN3O. The van der Waals surface area contributed by atoms with E-state index in [1.165, 1.54) is 11.3 Å². The molecule has 0 bridgehead atoms. The third-order valence-electron chi connectivity index (χ3n) is 4.04. The first-order valence-electron chi connectivity index (χ1n) is 7.70. The second-order valence-corrected chi connectivity index (χ2v) is 5.74. The lowest BCUT2D eigenvalue weighted by atomic mass is 10.1. The van der Waals surface area contributed by atoms with E-state index in [0.29, 0.717) is 0 Å². The predicted molar refractivity (Wildman–Crippen MR) is 89.4 cm³/mol. The van der Waals surface area contributed by atoms with Gasteiger partial charge in [0.1, 0.15) is 0 Å². The number of piperazine rings is 1.